The van der Waals surface area contributed by atoms with Crippen molar-refractivity contribution in [1.82, 2.24) is 5.32 Å². The summed E-state index contributed by atoms with van der Waals surface area (Å²) in [5.41, 5.74) is 1.62. The Kier molecular flexibility index (Phi) is 5.08. The lowest BCUT2D eigenvalue weighted by molar-refractivity contribution is 0.249. The van der Waals surface area contributed by atoms with E-state index < -0.39 is 0 Å². The molecule has 1 rings (SSSR count). The Labute approximate surface area is 99.6 Å². The zero-order chi connectivity index (χ0) is 12.0. The summed E-state index contributed by atoms with van der Waals surface area (Å²) < 4.78 is 0. The van der Waals surface area contributed by atoms with Gasteiger partial charge in [-0.05, 0) is 31.0 Å². The van der Waals surface area contributed by atoms with E-state index in [1.165, 1.54) is 0 Å². The molecule has 0 spiro atoms. The third-order valence-electron chi connectivity index (χ3n) is 2.05. The fourth-order valence-corrected chi connectivity index (χ4v) is 1.31. The minimum absolute atomic E-state index is 0.0661. The molecule has 5 heteroatoms. The summed E-state index contributed by atoms with van der Waals surface area (Å²) in [5, 5.41) is 14.4. The maximum absolute atomic E-state index is 11.3. The number of anilines is 1. The minimum Gasteiger partial charge on any atom is -0.396 e. The van der Waals surface area contributed by atoms with Crippen molar-refractivity contribution in [3.8, 4) is 0 Å². The molecule has 0 aliphatic rings. The zero-order valence-corrected chi connectivity index (χ0v) is 9.84. The molecule has 3 N–H and O–H groups in total. The summed E-state index contributed by atoms with van der Waals surface area (Å²) in [6.45, 7) is 2.41. The van der Waals surface area contributed by atoms with Gasteiger partial charge in [-0.3, -0.25) is 0 Å². The van der Waals surface area contributed by atoms with Crippen molar-refractivity contribution >= 4 is 23.3 Å². The van der Waals surface area contributed by atoms with Crippen LogP contribution in [0.25, 0.3) is 0 Å². The smallest absolute Gasteiger partial charge is 0.319 e. The van der Waals surface area contributed by atoms with Crippen LogP contribution in [0.1, 0.15) is 12.0 Å². The number of hydrogen-bond donors (Lipinski definition) is 3. The number of benzene rings is 1. The molecule has 2 amide bonds. The molecule has 0 radical (unpaired) electrons. The van der Waals surface area contributed by atoms with Gasteiger partial charge in [-0.25, -0.2) is 4.79 Å². The van der Waals surface area contributed by atoms with E-state index in [-0.39, 0.29) is 12.6 Å². The maximum atomic E-state index is 11.3. The van der Waals surface area contributed by atoms with Crippen molar-refractivity contribution in [2.75, 3.05) is 18.5 Å². The van der Waals surface area contributed by atoms with Crippen molar-refractivity contribution in [3.63, 3.8) is 0 Å². The molecule has 0 fully saturated rings. The molecule has 1 aromatic carbocycles. The van der Waals surface area contributed by atoms with Crippen molar-refractivity contribution in [2.45, 2.75) is 13.3 Å². The van der Waals surface area contributed by atoms with E-state index in [2.05, 4.69) is 10.6 Å². The highest BCUT2D eigenvalue weighted by Gasteiger charge is 2.02. The molecular weight excluding hydrogens is 228 g/mol. The Balaban J connectivity index is 2.46. The van der Waals surface area contributed by atoms with Gasteiger partial charge >= 0.3 is 6.03 Å². The topological polar surface area (TPSA) is 61.4 Å². The van der Waals surface area contributed by atoms with Crippen LogP contribution in [0.3, 0.4) is 0 Å². The SMILES string of the molecule is Cc1ccc(NC(=O)NCCCO)cc1Cl. The fourth-order valence-electron chi connectivity index (χ4n) is 1.13. The summed E-state index contributed by atoms with van der Waals surface area (Å²) in [6.07, 6.45) is 0.544. The van der Waals surface area contributed by atoms with Gasteiger partial charge in [0.25, 0.3) is 0 Å². The first-order valence-electron chi connectivity index (χ1n) is 5.05. The van der Waals surface area contributed by atoms with Gasteiger partial charge in [0.1, 0.15) is 0 Å². The predicted octanol–water partition coefficient (Wildman–Crippen LogP) is 2.15. The number of aryl methyl sites for hydroxylation is 1. The minimum atomic E-state index is -0.298. The largest absolute Gasteiger partial charge is 0.396 e. The summed E-state index contributed by atoms with van der Waals surface area (Å²) >= 11 is 5.92. The van der Waals surface area contributed by atoms with E-state index >= 15 is 0 Å². The molecule has 0 aromatic heterocycles. The quantitative estimate of drug-likeness (QED) is 0.709. The van der Waals surface area contributed by atoms with Gasteiger partial charge in [0.15, 0.2) is 0 Å². The van der Waals surface area contributed by atoms with Gasteiger partial charge in [-0.1, -0.05) is 17.7 Å². The standard InChI is InChI=1S/C11H15ClN2O2/c1-8-3-4-9(7-10(8)12)14-11(16)13-5-2-6-15/h3-4,7,15H,2,5-6H2,1H3,(H2,13,14,16). The van der Waals surface area contributed by atoms with Crippen LogP contribution in [0, 0.1) is 6.92 Å². The Morgan fingerprint density at radius 1 is 1.50 bits per heavy atom. The van der Waals surface area contributed by atoms with E-state index in [1.807, 2.05) is 13.0 Å². The molecule has 0 saturated heterocycles. The van der Waals surface area contributed by atoms with Gasteiger partial charge in [0.2, 0.25) is 0 Å². The fraction of sp³-hybridized carbons (Fsp3) is 0.364. The van der Waals surface area contributed by atoms with Crippen LogP contribution in [-0.4, -0.2) is 24.3 Å². The second-order valence-corrected chi connectivity index (χ2v) is 3.83. The monoisotopic (exact) mass is 242 g/mol. The molecule has 0 aliphatic carbocycles. The highest BCUT2D eigenvalue weighted by Crippen LogP contribution is 2.19. The number of carbonyl (C=O) groups is 1. The highest BCUT2D eigenvalue weighted by atomic mass is 35.5. The molecule has 0 unspecified atom stereocenters. The second kappa shape index (κ2) is 6.35. The highest BCUT2D eigenvalue weighted by molar-refractivity contribution is 6.31. The van der Waals surface area contributed by atoms with Gasteiger partial charge in [-0.2, -0.15) is 0 Å². The van der Waals surface area contributed by atoms with Crippen LogP contribution < -0.4 is 10.6 Å². The van der Waals surface area contributed by atoms with E-state index in [0.717, 1.165) is 5.56 Å². The number of urea groups is 1. The number of amides is 2. The average Bonchev–Trinajstić information content (AvgIpc) is 2.24. The Morgan fingerprint density at radius 2 is 2.25 bits per heavy atom. The van der Waals surface area contributed by atoms with Crippen molar-refractivity contribution in [3.05, 3.63) is 28.8 Å². The van der Waals surface area contributed by atoms with Crippen LogP contribution in [0.2, 0.25) is 5.02 Å². The van der Waals surface area contributed by atoms with Crippen molar-refractivity contribution in [2.24, 2.45) is 0 Å². The number of rotatable bonds is 4. The van der Waals surface area contributed by atoms with Crippen molar-refractivity contribution in [1.29, 1.82) is 0 Å². The summed E-state index contributed by atoms with van der Waals surface area (Å²) in [5.74, 6) is 0. The molecule has 16 heavy (non-hydrogen) atoms. The summed E-state index contributed by atoms with van der Waals surface area (Å²) in [6, 6.07) is 5.02. The van der Waals surface area contributed by atoms with E-state index in [9.17, 15) is 4.79 Å². The molecule has 0 saturated carbocycles. The molecule has 4 nitrogen and oxygen atoms in total. The van der Waals surface area contributed by atoms with Gasteiger partial charge in [0, 0.05) is 23.9 Å². The molecule has 0 aliphatic heterocycles. The van der Waals surface area contributed by atoms with Gasteiger partial charge < -0.3 is 15.7 Å². The number of aliphatic hydroxyl groups excluding tert-OH is 1. The lowest BCUT2D eigenvalue weighted by Gasteiger charge is -2.08. The number of nitrogens with one attached hydrogen (secondary N) is 2. The normalized spacial score (nSPS) is 9.94. The van der Waals surface area contributed by atoms with Crippen LogP contribution in [-0.2, 0) is 0 Å². The second-order valence-electron chi connectivity index (χ2n) is 3.42. The molecule has 0 bridgehead atoms. The lowest BCUT2D eigenvalue weighted by Crippen LogP contribution is -2.29. The first-order valence-corrected chi connectivity index (χ1v) is 5.43. The number of aliphatic hydroxyl groups is 1. The first-order chi connectivity index (χ1) is 7.63. The third-order valence-corrected chi connectivity index (χ3v) is 2.46. The summed E-state index contributed by atoms with van der Waals surface area (Å²) in [4.78, 5) is 11.3. The Hall–Kier alpha value is -1.26. The van der Waals surface area contributed by atoms with E-state index in [4.69, 9.17) is 16.7 Å². The molecule has 0 heterocycles. The molecule has 88 valence electrons. The van der Waals surface area contributed by atoms with Crippen LogP contribution in [0.5, 0.6) is 0 Å². The molecule has 0 atom stereocenters. The lowest BCUT2D eigenvalue weighted by atomic mass is 10.2. The van der Waals surface area contributed by atoms with E-state index in [1.54, 1.807) is 12.1 Å². The maximum Gasteiger partial charge on any atom is 0.319 e. The van der Waals surface area contributed by atoms with Gasteiger partial charge in [-0.15, -0.1) is 0 Å². The van der Waals surface area contributed by atoms with Crippen LogP contribution in [0.4, 0.5) is 10.5 Å². The number of hydrogen-bond acceptors (Lipinski definition) is 2. The first kappa shape index (κ1) is 12.8. The third kappa shape index (κ3) is 4.08. The Morgan fingerprint density at radius 3 is 2.88 bits per heavy atom. The van der Waals surface area contributed by atoms with Crippen LogP contribution >= 0.6 is 11.6 Å². The van der Waals surface area contributed by atoms with E-state index in [0.29, 0.717) is 23.7 Å². The van der Waals surface area contributed by atoms with Gasteiger partial charge in [0.05, 0.1) is 0 Å². The predicted molar refractivity (Wildman–Crippen MR) is 64.9 cm³/mol. The molecule has 1 aromatic rings. The Bertz CT molecular complexity index is 369. The summed E-state index contributed by atoms with van der Waals surface area (Å²) in [7, 11) is 0. The van der Waals surface area contributed by atoms with Crippen LogP contribution in [0.15, 0.2) is 18.2 Å². The molecular formula is C11H15ClN2O2. The van der Waals surface area contributed by atoms with Crippen molar-refractivity contribution < 1.29 is 9.90 Å². The number of carbonyl (C=O) groups excluding carboxylic acids is 1. The zero-order valence-electron chi connectivity index (χ0n) is 9.09. The number of halogens is 1. The average molecular weight is 243 g/mol.